The van der Waals surface area contributed by atoms with Crippen LogP contribution in [0.4, 0.5) is 0 Å². The van der Waals surface area contributed by atoms with Crippen molar-refractivity contribution >= 4 is 0 Å². The van der Waals surface area contributed by atoms with Gasteiger partial charge in [0.05, 0.1) is 17.7 Å². The first-order chi connectivity index (χ1) is 11.2. The fraction of sp³-hybridized carbons (Fsp3) is 0.316. The van der Waals surface area contributed by atoms with Gasteiger partial charge in [0.25, 0.3) is 0 Å². The average molecular weight is 311 g/mol. The van der Waals surface area contributed by atoms with E-state index in [1.165, 1.54) is 0 Å². The third kappa shape index (κ3) is 4.17. The van der Waals surface area contributed by atoms with E-state index in [0.717, 1.165) is 16.7 Å². The molecule has 0 spiro atoms. The molecule has 2 rings (SSSR count). The molecule has 0 heterocycles. The van der Waals surface area contributed by atoms with Crippen molar-refractivity contribution < 1.29 is 14.6 Å². The first kappa shape index (κ1) is 17.2. The van der Waals surface area contributed by atoms with Crippen molar-refractivity contribution in [1.82, 2.24) is 0 Å². The minimum atomic E-state index is -0.647. The van der Waals surface area contributed by atoms with Gasteiger partial charge in [-0.1, -0.05) is 42.5 Å². The van der Waals surface area contributed by atoms with Gasteiger partial charge in [-0.3, -0.25) is 0 Å². The first-order valence-electron chi connectivity index (χ1n) is 7.51. The summed E-state index contributed by atoms with van der Waals surface area (Å²) in [6, 6.07) is 17.2. The Labute approximate surface area is 136 Å². The van der Waals surface area contributed by atoms with Gasteiger partial charge in [-0.05, 0) is 30.0 Å². The molecule has 1 N–H and O–H groups in total. The highest BCUT2D eigenvalue weighted by Gasteiger charge is 2.19. The van der Waals surface area contributed by atoms with Crippen molar-refractivity contribution in [3.8, 4) is 6.07 Å². The maximum Gasteiger partial charge on any atom is 0.183 e. The summed E-state index contributed by atoms with van der Waals surface area (Å²) in [6.07, 6.45) is -0.00213. The Kier molecular flexibility index (Phi) is 6.30. The summed E-state index contributed by atoms with van der Waals surface area (Å²) in [4.78, 5) is 0. The number of benzene rings is 2. The van der Waals surface area contributed by atoms with Gasteiger partial charge in [-0.2, -0.15) is 5.26 Å². The number of hydrogen-bond acceptors (Lipinski definition) is 4. The van der Waals surface area contributed by atoms with E-state index in [2.05, 4.69) is 6.07 Å². The number of aryl methyl sites for hydroxylation is 1. The van der Waals surface area contributed by atoms with E-state index in [4.69, 9.17) is 14.7 Å². The fourth-order valence-corrected chi connectivity index (χ4v) is 2.67. The summed E-state index contributed by atoms with van der Waals surface area (Å²) >= 11 is 0. The van der Waals surface area contributed by atoms with E-state index in [1.807, 2.05) is 42.5 Å². The number of nitrogens with zero attached hydrogens (tertiary/aromatic N) is 1. The number of aliphatic hydroxyl groups is 1. The molecule has 2 aromatic carbocycles. The van der Waals surface area contributed by atoms with Crippen LogP contribution in [0.1, 0.15) is 41.1 Å². The summed E-state index contributed by atoms with van der Waals surface area (Å²) in [5.74, 6) is 0. The van der Waals surface area contributed by atoms with Gasteiger partial charge in [0, 0.05) is 19.8 Å². The zero-order valence-corrected chi connectivity index (χ0v) is 13.4. The number of nitriles is 1. The highest BCUT2D eigenvalue weighted by Crippen LogP contribution is 2.29. The molecule has 0 amide bonds. The van der Waals surface area contributed by atoms with Crippen LogP contribution in [-0.2, 0) is 15.9 Å². The Morgan fingerprint density at radius 2 is 1.61 bits per heavy atom. The maximum absolute atomic E-state index is 10.6. The van der Waals surface area contributed by atoms with Crippen molar-refractivity contribution in [2.75, 3.05) is 14.2 Å². The Bertz CT molecular complexity index is 674. The number of methoxy groups -OCH3 is 2. The molecule has 0 saturated heterocycles. The van der Waals surface area contributed by atoms with Crippen LogP contribution >= 0.6 is 0 Å². The lowest BCUT2D eigenvalue weighted by Crippen LogP contribution is -2.10. The van der Waals surface area contributed by atoms with Gasteiger partial charge in [-0.25, -0.2) is 0 Å². The molecule has 0 aliphatic heterocycles. The van der Waals surface area contributed by atoms with Crippen LogP contribution in [0.15, 0.2) is 48.5 Å². The molecule has 0 aliphatic rings. The van der Waals surface area contributed by atoms with Crippen molar-refractivity contribution in [2.45, 2.75) is 25.2 Å². The zero-order valence-electron chi connectivity index (χ0n) is 13.4. The van der Waals surface area contributed by atoms with Crippen molar-refractivity contribution in [1.29, 1.82) is 5.26 Å². The molecule has 0 saturated carbocycles. The summed E-state index contributed by atoms with van der Waals surface area (Å²) in [7, 11) is 3.14. The van der Waals surface area contributed by atoms with Crippen LogP contribution in [0.5, 0.6) is 0 Å². The minimum absolute atomic E-state index is 0.507. The lowest BCUT2D eigenvalue weighted by Gasteiger charge is -2.21. The summed E-state index contributed by atoms with van der Waals surface area (Å²) in [6.45, 7) is 0. The molecule has 2 aromatic rings. The second-order valence-electron chi connectivity index (χ2n) is 5.26. The lowest BCUT2D eigenvalue weighted by molar-refractivity contribution is -0.107. The van der Waals surface area contributed by atoms with Crippen LogP contribution in [0.2, 0.25) is 0 Å². The van der Waals surface area contributed by atoms with Gasteiger partial charge in [0.1, 0.15) is 0 Å². The normalized spacial score (nSPS) is 12.1. The van der Waals surface area contributed by atoms with Crippen LogP contribution in [-0.4, -0.2) is 19.3 Å². The molecular formula is C19H21NO3. The molecule has 0 fully saturated rings. The quantitative estimate of drug-likeness (QED) is 0.795. The van der Waals surface area contributed by atoms with Crippen molar-refractivity contribution in [3.63, 3.8) is 0 Å². The highest BCUT2D eigenvalue weighted by atomic mass is 16.7. The van der Waals surface area contributed by atoms with Crippen LogP contribution < -0.4 is 0 Å². The smallest absolute Gasteiger partial charge is 0.183 e. The molecule has 120 valence electrons. The maximum atomic E-state index is 10.6. The SMILES string of the molecule is COC(OC)c1ccccc1C(O)CCc1ccccc1C#N. The van der Waals surface area contributed by atoms with Crippen LogP contribution in [0, 0.1) is 11.3 Å². The zero-order chi connectivity index (χ0) is 16.7. The predicted octanol–water partition coefficient (Wildman–Crippen LogP) is 3.52. The van der Waals surface area contributed by atoms with E-state index < -0.39 is 12.4 Å². The van der Waals surface area contributed by atoms with E-state index in [1.54, 1.807) is 20.3 Å². The second-order valence-corrected chi connectivity index (χ2v) is 5.26. The van der Waals surface area contributed by atoms with Gasteiger partial charge >= 0.3 is 0 Å². The number of rotatable bonds is 7. The third-order valence-electron chi connectivity index (χ3n) is 3.86. The lowest BCUT2D eigenvalue weighted by atomic mass is 9.95. The van der Waals surface area contributed by atoms with Gasteiger partial charge in [0.15, 0.2) is 6.29 Å². The third-order valence-corrected chi connectivity index (χ3v) is 3.86. The monoisotopic (exact) mass is 311 g/mol. The Morgan fingerprint density at radius 1 is 1.00 bits per heavy atom. The Hall–Kier alpha value is -2.19. The molecule has 1 unspecified atom stereocenters. The molecule has 4 heteroatoms. The number of hydrogen-bond donors (Lipinski definition) is 1. The number of ether oxygens (including phenoxy) is 2. The Morgan fingerprint density at radius 3 is 2.26 bits per heavy atom. The van der Waals surface area contributed by atoms with E-state index in [0.29, 0.717) is 18.4 Å². The summed E-state index contributed by atoms with van der Waals surface area (Å²) in [5.41, 5.74) is 3.20. The van der Waals surface area contributed by atoms with Crippen molar-refractivity contribution in [3.05, 3.63) is 70.8 Å². The highest BCUT2D eigenvalue weighted by molar-refractivity contribution is 5.37. The predicted molar refractivity (Wildman–Crippen MR) is 87.6 cm³/mol. The first-order valence-corrected chi connectivity index (χ1v) is 7.51. The molecule has 1 atom stereocenters. The van der Waals surface area contributed by atoms with E-state index in [9.17, 15) is 5.11 Å². The van der Waals surface area contributed by atoms with Crippen molar-refractivity contribution in [2.24, 2.45) is 0 Å². The molecular weight excluding hydrogens is 290 g/mol. The molecule has 4 nitrogen and oxygen atoms in total. The average Bonchev–Trinajstić information content (AvgIpc) is 2.61. The van der Waals surface area contributed by atoms with E-state index in [-0.39, 0.29) is 0 Å². The van der Waals surface area contributed by atoms with Gasteiger partial charge in [-0.15, -0.1) is 0 Å². The fourth-order valence-electron chi connectivity index (χ4n) is 2.67. The second kappa shape index (κ2) is 8.44. The van der Waals surface area contributed by atoms with Gasteiger partial charge < -0.3 is 14.6 Å². The molecule has 0 aliphatic carbocycles. The summed E-state index contributed by atoms with van der Waals surface area (Å²) < 4.78 is 10.6. The van der Waals surface area contributed by atoms with Gasteiger partial charge in [0.2, 0.25) is 0 Å². The molecule has 0 radical (unpaired) electrons. The largest absolute Gasteiger partial charge is 0.388 e. The Balaban J connectivity index is 2.15. The molecule has 23 heavy (non-hydrogen) atoms. The number of aliphatic hydroxyl groups excluding tert-OH is 1. The molecule has 0 aromatic heterocycles. The summed E-state index contributed by atoms with van der Waals surface area (Å²) in [5, 5.41) is 19.7. The molecule has 0 bridgehead atoms. The van der Waals surface area contributed by atoms with Crippen LogP contribution in [0.25, 0.3) is 0 Å². The standard InChI is InChI=1S/C19H21NO3/c1-22-19(23-2)17-10-6-5-9-16(17)18(21)12-11-14-7-3-4-8-15(14)13-20/h3-10,18-19,21H,11-12H2,1-2H3. The van der Waals surface area contributed by atoms with Crippen LogP contribution in [0.3, 0.4) is 0 Å². The van der Waals surface area contributed by atoms with E-state index >= 15 is 0 Å². The topological polar surface area (TPSA) is 62.5 Å². The minimum Gasteiger partial charge on any atom is -0.388 e.